The van der Waals surface area contributed by atoms with E-state index in [2.05, 4.69) is 9.97 Å². The van der Waals surface area contributed by atoms with Crippen LogP contribution >= 0.6 is 12.4 Å². The van der Waals surface area contributed by atoms with Crippen molar-refractivity contribution < 1.29 is 0 Å². The number of nitrogens with one attached hydrogen (secondary N) is 1. The van der Waals surface area contributed by atoms with E-state index in [4.69, 9.17) is 10.5 Å². The van der Waals surface area contributed by atoms with Crippen LogP contribution in [0.5, 0.6) is 0 Å². The maximum atomic E-state index is 8.85. The molecule has 0 amide bonds. The number of nitrogens with zero attached hydrogens (tertiary/aromatic N) is 4. The Balaban J connectivity index is 0.00000180. The average molecular weight is 274 g/mol. The number of anilines is 1. The first-order chi connectivity index (χ1) is 8.65. The second-order valence-corrected chi connectivity index (χ2v) is 3.97. The predicted octanol–water partition coefficient (Wildman–Crippen LogP) is 2.31. The van der Waals surface area contributed by atoms with Crippen LogP contribution in [0.25, 0.3) is 11.4 Å². The van der Waals surface area contributed by atoms with E-state index in [1.54, 1.807) is 0 Å². The quantitative estimate of drug-likeness (QED) is 0.910. The molecule has 2 aromatic rings. The van der Waals surface area contributed by atoms with Gasteiger partial charge in [-0.2, -0.15) is 10.5 Å². The van der Waals surface area contributed by atoms with Crippen LogP contribution in [-0.4, -0.2) is 24.1 Å². The number of hydrogen-bond acceptors (Lipinski definition) is 4. The lowest BCUT2D eigenvalue weighted by Crippen LogP contribution is -2.07. The van der Waals surface area contributed by atoms with Gasteiger partial charge in [-0.15, -0.1) is 12.4 Å². The number of H-pyrrole nitrogens is 1. The first-order valence-electron chi connectivity index (χ1n) is 5.33. The van der Waals surface area contributed by atoms with Gasteiger partial charge in [-0.05, 0) is 24.3 Å². The van der Waals surface area contributed by atoms with Gasteiger partial charge in [0.2, 0.25) is 0 Å². The van der Waals surface area contributed by atoms with E-state index >= 15 is 0 Å². The molecule has 19 heavy (non-hydrogen) atoms. The lowest BCUT2D eigenvalue weighted by molar-refractivity contribution is 1.13. The molecule has 5 nitrogen and oxygen atoms in total. The van der Waals surface area contributed by atoms with Crippen LogP contribution in [0.4, 0.5) is 5.69 Å². The van der Waals surface area contributed by atoms with Crippen molar-refractivity contribution in [2.24, 2.45) is 0 Å². The number of aromatic nitrogens is 2. The molecule has 0 unspecified atom stereocenters. The van der Waals surface area contributed by atoms with E-state index < -0.39 is 0 Å². The molecule has 0 aliphatic heterocycles. The van der Waals surface area contributed by atoms with Crippen molar-refractivity contribution >= 4 is 18.1 Å². The Labute approximate surface area is 117 Å². The molecule has 1 N–H and O–H groups in total. The Kier molecular flexibility index (Phi) is 4.52. The molecule has 1 aromatic heterocycles. The summed E-state index contributed by atoms with van der Waals surface area (Å²) in [5.74, 6) is 0.536. The van der Waals surface area contributed by atoms with Crippen LogP contribution in [0.15, 0.2) is 24.3 Å². The number of rotatable bonds is 2. The summed E-state index contributed by atoms with van der Waals surface area (Å²) >= 11 is 0. The number of nitriles is 2. The highest BCUT2D eigenvalue weighted by molar-refractivity contribution is 5.85. The second kappa shape index (κ2) is 5.90. The normalized spacial score (nSPS) is 9.05. The van der Waals surface area contributed by atoms with Crippen LogP contribution in [0.3, 0.4) is 0 Å². The third kappa shape index (κ3) is 2.85. The van der Waals surface area contributed by atoms with Crippen LogP contribution < -0.4 is 4.90 Å². The zero-order chi connectivity index (χ0) is 13.1. The molecule has 0 spiro atoms. The minimum atomic E-state index is 0. The summed E-state index contributed by atoms with van der Waals surface area (Å²) in [7, 11) is 3.92. The third-order valence-electron chi connectivity index (χ3n) is 2.58. The summed E-state index contributed by atoms with van der Waals surface area (Å²) < 4.78 is 0. The largest absolute Gasteiger partial charge is 0.378 e. The topological polar surface area (TPSA) is 79.5 Å². The van der Waals surface area contributed by atoms with E-state index in [9.17, 15) is 0 Å². The number of benzene rings is 1. The number of halogens is 1. The van der Waals surface area contributed by atoms with Crippen molar-refractivity contribution in [3.8, 4) is 23.5 Å². The van der Waals surface area contributed by atoms with Crippen molar-refractivity contribution in [3.05, 3.63) is 35.7 Å². The summed E-state index contributed by atoms with van der Waals surface area (Å²) in [6.45, 7) is 0. The maximum absolute atomic E-state index is 8.85. The van der Waals surface area contributed by atoms with Crippen molar-refractivity contribution in [2.75, 3.05) is 19.0 Å². The van der Waals surface area contributed by atoms with Gasteiger partial charge in [-0.1, -0.05) is 0 Å². The van der Waals surface area contributed by atoms with Gasteiger partial charge in [0.1, 0.15) is 18.0 Å². The predicted molar refractivity (Wildman–Crippen MR) is 75.0 cm³/mol. The third-order valence-corrected chi connectivity index (χ3v) is 2.58. The van der Waals surface area contributed by atoms with Crippen molar-refractivity contribution in [3.63, 3.8) is 0 Å². The fourth-order valence-electron chi connectivity index (χ4n) is 1.59. The fraction of sp³-hybridized carbons (Fsp3) is 0.154. The number of imidazole rings is 1. The molecule has 0 fully saturated rings. The summed E-state index contributed by atoms with van der Waals surface area (Å²) in [5.41, 5.74) is 2.25. The summed E-state index contributed by atoms with van der Waals surface area (Å²) in [6, 6.07) is 11.5. The minimum Gasteiger partial charge on any atom is -0.378 e. The Morgan fingerprint density at radius 1 is 1.11 bits per heavy atom. The van der Waals surface area contributed by atoms with Gasteiger partial charge in [-0.3, -0.25) is 0 Å². The molecule has 0 atom stereocenters. The van der Waals surface area contributed by atoms with E-state index in [-0.39, 0.29) is 23.8 Å². The molecule has 0 aliphatic carbocycles. The van der Waals surface area contributed by atoms with Gasteiger partial charge in [0.15, 0.2) is 11.4 Å². The van der Waals surface area contributed by atoms with Crippen LogP contribution in [-0.2, 0) is 0 Å². The average Bonchev–Trinajstić information content (AvgIpc) is 2.82. The highest BCUT2D eigenvalue weighted by atomic mass is 35.5. The van der Waals surface area contributed by atoms with E-state index in [0.717, 1.165) is 11.3 Å². The standard InChI is InChI=1S/C13H11N5.ClH/c1-18(2)10-5-3-9(4-6-10)13-16-11(7-14)12(8-15)17-13;/h3-6H,1-2H3,(H,16,17);1H. The zero-order valence-electron chi connectivity index (χ0n) is 10.5. The Hall–Kier alpha value is -2.50. The monoisotopic (exact) mass is 273 g/mol. The van der Waals surface area contributed by atoms with Crippen LogP contribution in [0, 0.1) is 22.7 Å². The van der Waals surface area contributed by atoms with E-state index in [1.165, 1.54) is 0 Å². The van der Waals surface area contributed by atoms with Gasteiger partial charge >= 0.3 is 0 Å². The second-order valence-electron chi connectivity index (χ2n) is 3.97. The number of hydrogen-bond donors (Lipinski definition) is 1. The minimum absolute atomic E-state index is 0. The van der Waals surface area contributed by atoms with Crippen molar-refractivity contribution in [1.29, 1.82) is 10.5 Å². The molecule has 0 saturated heterocycles. The smallest absolute Gasteiger partial charge is 0.177 e. The molecular weight excluding hydrogens is 262 g/mol. The lowest BCUT2D eigenvalue weighted by atomic mass is 10.2. The van der Waals surface area contributed by atoms with Gasteiger partial charge in [-0.25, -0.2) is 4.98 Å². The fourth-order valence-corrected chi connectivity index (χ4v) is 1.59. The maximum Gasteiger partial charge on any atom is 0.177 e. The van der Waals surface area contributed by atoms with Gasteiger partial charge in [0, 0.05) is 25.3 Å². The Morgan fingerprint density at radius 3 is 2.16 bits per heavy atom. The molecule has 0 aliphatic rings. The lowest BCUT2D eigenvalue weighted by Gasteiger charge is -2.11. The highest BCUT2D eigenvalue weighted by Crippen LogP contribution is 2.21. The number of aromatic amines is 1. The SMILES string of the molecule is CN(C)c1ccc(-c2nc(C#N)c(C#N)[nH]2)cc1.Cl. The molecule has 6 heteroatoms. The van der Waals surface area contributed by atoms with Gasteiger partial charge in [0.25, 0.3) is 0 Å². The van der Waals surface area contributed by atoms with E-state index in [1.807, 2.05) is 55.4 Å². The summed E-state index contributed by atoms with van der Waals surface area (Å²) in [5, 5.41) is 17.7. The summed E-state index contributed by atoms with van der Waals surface area (Å²) in [4.78, 5) is 8.92. The van der Waals surface area contributed by atoms with Crippen LogP contribution in [0.1, 0.15) is 11.4 Å². The highest BCUT2D eigenvalue weighted by Gasteiger charge is 2.10. The van der Waals surface area contributed by atoms with Gasteiger partial charge in [0.05, 0.1) is 0 Å². The van der Waals surface area contributed by atoms with Crippen molar-refractivity contribution in [1.82, 2.24) is 9.97 Å². The molecule has 1 aromatic carbocycles. The zero-order valence-corrected chi connectivity index (χ0v) is 11.3. The first kappa shape index (κ1) is 14.6. The van der Waals surface area contributed by atoms with Crippen molar-refractivity contribution in [2.45, 2.75) is 0 Å². The molecule has 2 rings (SSSR count). The molecule has 0 bridgehead atoms. The Bertz CT molecular complexity index is 612. The molecule has 0 saturated carbocycles. The molecule has 1 heterocycles. The van der Waals surface area contributed by atoms with Gasteiger partial charge < -0.3 is 9.88 Å². The van der Waals surface area contributed by atoms with E-state index in [0.29, 0.717) is 5.82 Å². The molecule has 96 valence electrons. The van der Waals surface area contributed by atoms with Crippen LogP contribution in [0.2, 0.25) is 0 Å². The first-order valence-corrected chi connectivity index (χ1v) is 5.33. The molecular formula is C13H12ClN5. The molecule has 0 radical (unpaired) electrons. The summed E-state index contributed by atoms with van der Waals surface area (Å²) in [6.07, 6.45) is 0. The Morgan fingerprint density at radius 2 is 1.74 bits per heavy atom.